The smallest absolute Gasteiger partial charge is 0.142 e. The van der Waals surface area contributed by atoms with Gasteiger partial charge in [0.1, 0.15) is 5.78 Å². The number of allylic oxidation sites excluding steroid dienone is 3. The summed E-state index contributed by atoms with van der Waals surface area (Å²) >= 11 is 0. The van der Waals surface area contributed by atoms with Gasteiger partial charge >= 0.3 is 0 Å². The van der Waals surface area contributed by atoms with Gasteiger partial charge in [0.2, 0.25) is 0 Å². The van der Waals surface area contributed by atoms with Crippen molar-refractivity contribution in [2.45, 2.75) is 111 Å². The molecule has 3 rings (SSSR count). The molecule has 2 fully saturated rings. The molecule has 1 atom stereocenters. The topological polar surface area (TPSA) is 17.1 Å². The standard InChI is InChI=1S/C34H50O/c1-8-19-32(7)22-24-33(25-23-32)20-10-11-30(31(33)35)17-16-28-12-14-29(15-13-28)18-21-34(9-2,26(3)4)27(5)6/h9,12-15,30H,2-3,5,8,10-11,16-25H2,1,4,6-7H3. The van der Waals surface area contributed by atoms with E-state index in [1.54, 1.807) is 0 Å². The Balaban J connectivity index is 1.55. The minimum absolute atomic E-state index is 0.00421. The van der Waals surface area contributed by atoms with E-state index in [9.17, 15) is 4.79 Å². The Hall–Kier alpha value is -1.89. The summed E-state index contributed by atoms with van der Waals surface area (Å²) in [6.07, 6.45) is 16.7. The van der Waals surface area contributed by atoms with Gasteiger partial charge in [-0.25, -0.2) is 0 Å². The monoisotopic (exact) mass is 474 g/mol. The Bertz CT molecular complexity index is 892. The van der Waals surface area contributed by atoms with E-state index in [1.165, 1.54) is 43.2 Å². The Morgan fingerprint density at radius 1 is 1.00 bits per heavy atom. The summed E-state index contributed by atoms with van der Waals surface area (Å²) in [6, 6.07) is 9.07. The molecule has 0 bridgehead atoms. The summed E-state index contributed by atoms with van der Waals surface area (Å²) in [7, 11) is 0. The molecule has 1 aromatic rings. The van der Waals surface area contributed by atoms with Gasteiger partial charge in [-0.05, 0) is 101 Å². The molecule has 1 unspecified atom stereocenters. The van der Waals surface area contributed by atoms with Gasteiger partial charge in [0, 0.05) is 16.7 Å². The van der Waals surface area contributed by atoms with Gasteiger partial charge in [-0.2, -0.15) is 0 Å². The number of Topliss-reactive ketones (excluding diaryl/α,β-unsaturated/α-hetero) is 1. The molecular formula is C34H50O. The van der Waals surface area contributed by atoms with Gasteiger partial charge in [0.25, 0.3) is 0 Å². The molecule has 2 aliphatic rings. The Morgan fingerprint density at radius 3 is 2.09 bits per heavy atom. The predicted octanol–water partition coefficient (Wildman–Crippen LogP) is 9.61. The van der Waals surface area contributed by atoms with E-state index in [0.717, 1.165) is 62.5 Å². The molecule has 192 valence electrons. The van der Waals surface area contributed by atoms with Crippen LogP contribution in [0.5, 0.6) is 0 Å². The second-order valence-corrected chi connectivity index (χ2v) is 12.4. The molecule has 1 nitrogen and oxygen atoms in total. The lowest BCUT2D eigenvalue weighted by Gasteiger charge is -2.47. The van der Waals surface area contributed by atoms with Crippen LogP contribution in [0.4, 0.5) is 0 Å². The van der Waals surface area contributed by atoms with Crippen LogP contribution in [0.15, 0.2) is 61.2 Å². The van der Waals surface area contributed by atoms with Gasteiger partial charge in [-0.15, -0.1) is 6.58 Å². The van der Waals surface area contributed by atoms with Crippen molar-refractivity contribution in [1.82, 2.24) is 0 Å². The molecule has 1 heteroatoms. The molecular weight excluding hydrogens is 424 g/mol. The van der Waals surface area contributed by atoms with Gasteiger partial charge in [-0.3, -0.25) is 4.79 Å². The van der Waals surface area contributed by atoms with Crippen LogP contribution in [0.25, 0.3) is 0 Å². The number of hydrogen-bond donors (Lipinski definition) is 0. The van der Waals surface area contributed by atoms with Gasteiger partial charge in [0.15, 0.2) is 0 Å². The maximum atomic E-state index is 13.6. The molecule has 0 saturated heterocycles. The Kier molecular flexibility index (Phi) is 9.06. The highest BCUT2D eigenvalue weighted by atomic mass is 16.1. The number of hydrogen-bond acceptors (Lipinski definition) is 1. The molecule has 1 aromatic carbocycles. The summed E-state index contributed by atoms with van der Waals surface area (Å²) in [5.41, 5.74) is 5.20. The summed E-state index contributed by atoms with van der Waals surface area (Å²) in [5, 5.41) is 0. The SMILES string of the molecule is C=CC(CCc1ccc(CCC2CCCC3(CCC(C)(CCC)CC3)C2=O)cc1)(C(=C)C)C(=C)C. The summed E-state index contributed by atoms with van der Waals surface area (Å²) in [4.78, 5) is 13.6. The van der Waals surface area contributed by atoms with Crippen molar-refractivity contribution in [3.05, 3.63) is 72.4 Å². The largest absolute Gasteiger partial charge is 0.299 e. The number of ketones is 1. The van der Waals surface area contributed by atoms with Crippen LogP contribution in [0.1, 0.15) is 109 Å². The lowest BCUT2D eigenvalue weighted by atomic mass is 9.56. The zero-order valence-electron chi connectivity index (χ0n) is 23.2. The zero-order valence-corrected chi connectivity index (χ0v) is 23.2. The van der Waals surface area contributed by atoms with E-state index in [2.05, 4.69) is 71.7 Å². The molecule has 0 radical (unpaired) electrons. The first-order valence-electron chi connectivity index (χ1n) is 14.2. The lowest BCUT2D eigenvalue weighted by Crippen LogP contribution is -2.44. The van der Waals surface area contributed by atoms with E-state index < -0.39 is 0 Å². The maximum Gasteiger partial charge on any atom is 0.142 e. The summed E-state index contributed by atoms with van der Waals surface area (Å²) < 4.78 is 0. The highest BCUT2D eigenvalue weighted by Crippen LogP contribution is 2.53. The van der Waals surface area contributed by atoms with E-state index >= 15 is 0 Å². The van der Waals surface area contributed by atoms with E-state index in [1.807, 2.05) is 6.08 Å². The third-order valence-electron chi connectivity index (χ3n) is 9.85. The Labute approximate surface area is 216 Å². The normalized spacial score (nSPS) is 27.1. The van der Waals surface area contributed by atoms with Crippen LogP contribution in [-0.2, 0) is 17.6 Å². The van der Waals surface area contributed by atoms with Crippen LogP contribution in [0.2, 0.25) is 0 Å². The third-order valence-corrected chi connectivity index (χ3v) is 9.85. The van der Waals surface area contributed by atoms with Gasteiger partial charge in [-0.1, -0.05) is 81.3 Å². The lowest BCUT2D eigenvalue weighted by molar-refractivity contribution is -0.140. The fraction of sp³-hybridized carbons (Fsp3) is 0.618. The highest BCUT2D eigenvalue weighted by molar-refractivity contribution is 5.87. The average molecular weight is 475 g/mol. The van der Waals surface area contributed by atoms with Crippen LogP contribution in [0.3, 0.4) is 0 Å². The molecule has 0 amide bonds. The van der Waals surface area contributed by atoms with E-state index in [-0.39, 0.29) is 16.7 Å². The minimum atomic E-state index is -0.191. The molecule has 1 spiro atoms. The molecule has 2 saturated carbocycles. The minimum Gasteiger partial charge on any atom is -0.299 e. The first-order chi connectivity index (χ1) is 16.6. The van der Waals surface area contributed by atoms with Crippen LogP contribution in [0, 0.1) is 22.2 Å². The first kappa shape index (κ1) is 27.7. The van der Waals surface area contributed by atoms with Crippen molar-refractivity contribution in [1.29, 1.82) is 0 Å². The fourth-order valence-corrected chi connectivity index (χ4v) is 7.13. The zero-order chi connectivity index (χ0) is 25.7. The number of carbonyl (C=O) groups excluding carboxylic acids is 1. The highest BCUT2D eigenvalue weighted by Gasteiger charge is 2.48. The molecule has 2 aliphatic carbocycles. The number of benzene rings is 1. The molecule has 0 aromatic heterocycles. The number of carbonyl (C=O) groups is 1. The second kappa shape index (κ2) is 11.4. The van der Waals surface area contributed by atoms with Crippen molar-refractivity contribution in [3.63, 3.8) is 0 Å². The summed E-state index contributed by atoms with van der Waals surface area (Å²) in [5.74, 6) is 0.873. The summed E-state index contributed by atoms with van der Waals surface area (Å²) in [6.45, 7) is 21.4. The van der Waals surface area contributed by atoms with Gasteiger partial charge in [0.05, 0.1) is 0 Å². The third kappa shape index (κ3) is 6.10. The van der Waals surface area contributed by atoms with Crippen LogP contribution >= 0.6 is 0 Å². The molecule has 0 aliphatic heterocycles. The number of rotatable bonds is 11. The van der Waals surface area contributed by atoms with Crippen molar-refractivity contribution in [3.8, 4) is 0 Å². The van der Waals surface area contributed by atoms with E-state index in [0.29, 0.717) is 11.2 Å². The van der Waals surface area contributed by atoms with Crippen molar-refractivity contribution < 1.29 is 4.79 Å². The van der Waals surface area contributed by atoms with E-state index in [4.69, 9.17) is 0 Å². The first-order valence-corrected chi connectivity index (χ1v) is 14.2. The van der Waals surface area contributed by atoms with Crippen LogP contribution < -0.4 is 0 Å². The quantitative estimate of drug-likeness (QED) is 0.292. The average Bonchev–Trinajstić information content (AvgIpc) is 2.83. The number of aryl methyl sites for hydroxylation is 2. The van der Waals surface area contributed by atoms with Crippen molar-refractivity contribution in [2.24, 2.45) is 22.2 Å². The molecule has 0 N–H and O–H groups in total. The second-order valence-electron chi connectivity index (χ2n) is 12.4. The van der Waals surface area contributed by atoms with Gasteiger partial charge < -0.3 is 0 Å². The van der Waals surface area contributed by atoms with Crippen LogP contribution in [-0.4, -0.2) is 5.78 Å². The maximum absolute atomic E-state index is 13.6. The fourth-order valence-electron chi connectivity index (χ4n) is 7.13. The molecule has 35 heavy (non-hydrogen) atoms. The van der Waals surface area contributed by atoms with Crippen molar-refractivity contribution >= 4 is 5.78 Å². The predicted molar refractivity (Wildman–Crippen MR) is 152 cm³/mol. The Morgan fingerprint density at radius 2 is 1.57 bits per heavy atom. The van der Waals surface area contributed by atoms with Crippen molar-refractivity contribution in [2.75, 3.05) is 0 Å². The molecule has 0 heterocycles.